The summed E-state index contributed by atoms with van der Waals surface area (Å²) >= 11 is 0. The van der Waals surface area contributed by atoms with Crippen molar-refractivity contribution in [2.75, 3.05) is 128 Å². The molecule has 0 aromatic rings. The summed E-state index contributed by atoms with van der Waals surface area (Å²) in [4.78, 5) is 0. The van der Waals surface area contributed by atoms with Crippen molar-refractivity contribution in [1.82, 2.24) is 0 Å². The topological polar surface area (TPSA) is 166 Å². The van der Waals surface area contributed by atoms with Crippen molar-refractivity contribution in [3.63, 3.8) is 0 Å². The molecule has 1 aliphatic rings. The van der Waals surface area contributed by atoms with Gasteiger partial charge in [0.15, 0.2) is 0 Å². The van der Waals surface area contributed by atoms with Crippen molar-refractivity contribution in [1.29, 1.82) is 0 Å². The van der Waals surface area contributed by atoms with Crippen LogP contribution in [0.2, 0.25) is 84.6 Å². The van der Waals surface area contributed by atoms with E-state index in [0.29, 0.717) is 11.8 Å². The van der Waals surface area contributed by atoms with Gasteiger partial charge in [0.1, 0.15) is 0 Å². The largest absolute Gasteiger partial charge is 0.500 e. The minimum atomic E-state index is -2.77. The quantitative estimate of drug-likeness (QED) is 0.0417. The first-order chi connectivity index (χ1) is 34.0. The molecule has 2 atom stereocenters. The third kappa shape index (κ3) is 23.0. The minimum absolute atomic E-state index is 0. The van der Waals surface area contributed by atoms with Crippen LogP contribution in [0.1, 0.15) is 64.2 Å². The molecule has 0 aromatic heterocycles. The Kier molecular flexibility index (Phi) is 39.3. The van der Waals surface area contributed by atoms with E-state index in [1.165, 1.54) is 31.4 Å². The maximum atomic E-state index is 5.92. The molecule has 18 nitrogen and oxygen atoms in total. The van der Waals surface area contributed by atoms with E-state index in [0.717, 1.165) is 117 Å². The van der Waals surface area contributed by atoms with Crippen LogP contribution in [-0.4, -0.2) is 197 Å². The van der Waals surface area contributed by atoms with Gasteiger partial charge in [0, 0.05) is 185 Å². The zero-order chi connectivity index (χ0) is 53.6. The standard InChI is InChI=1S/C45H105O18Si8.W/c1-46-66(47-2,48-3)35-19-29-64(30-20-36-67(49-4,50-5)51-6,31-21-37-68(52-7,53-8)54-9)41-27-44-25-26-45(43-44)28-42-65(32-22-38-69(55-10,56-11)57-12,33-23-39-70(58-13,59-14)60-15)34-24-40-71(61-16,62-17)63-18;/h25,44-45H,19-24,26-43H2,1-18H3;/q-1;. The third-order valence-electron chi connectivity index (χ3n) is 16.3. The number of hydrogen-bond donors (Lipinski definition) is 0. The Balaban J connectivity index is 0.0000504. The van der Waals surface area contributed by atoms with Crippen LogP contribution >= 0.6 is 0 Å². The van der Waals surface area contributed by atoms with Gasteiger partial charge in [-0.2, -0.15) is 12.3 Å². The SMILES string of the molecule is CO[Si](CCC[Si](CCC[Si](OC)(OC)OC)(CCC[Si](OC)(OC)OC)CCC1[CH-]CC(CC[Si](CCC[Si](OC)(OC)OC)(CCC[Si](OC)(OC)OC)CCC[Si](OC)(OC)OC)C1)(OC)OC.[W]. The Morgan fingerprint density at radius 3 is 0.667 bits per heavy atom. The fraction of sp³-hybridized carbons (Fsp3) is 0.978. The van der Waals surface area contributed by atoms with Gasteiger partial charge in [-0.1, -0.05) is 112 Å². The molecular formula is C45H105O18Si8W-. The monoisotopic (exact) mass is 1340 g/mol. The van der Waals surface area contributed by atoms with E-state index in [4.69, 9.17) is 79.7 Å². The fourth-order valence-corrected chi connectivity index (χ4v) is 34.4. The predicted molar refractivity (Wildman–Crippen MR) is 297 cm³/mol. The van der Waals surface area contributed by atoms with Crippen LogP contribution in [0.15, 0.2) is 0 Å². The van der Waals surface area contributed by atoms with Crippen LogP contribution in [-0.2, 0) is 101 Å². The molecule has 1 fully saturated rings. The molecule has 1 saturated carbocycles. The summed E-state index contributed by atoms with van der Waals surface area (Å²) in [5.74, 6) is 1.20. The Morgan fingerprint density at radius 2 is 0.472 bits per heavy atom. The van der Waals surface area contributed by atoms with Gasteiger partial charge in [0.05, 0.1) is 16.1 Å². The first kappa shape index (κ1) is 73.7. The van der Waals surface area contributed by atoms with E-state index in [1.807, 2.05) is 0 Å². The molecular weight excluding hydrogens is 1240 g/mol. The molecule has 0 bridgehead atoms. The fourth-order valence-electron chi connectivity index (χ4n) is 11.4. The zero-order valence-electron chi connectivity index (χ0n) is 48.5. The molecule has 0 N–H and O–H groups in total. The molecule has 0 aliphatic heterocycles. The van der Waals surface area contributed by atoms with Crippen LogP contribution in [0.5, 0.6) is 0 Å². The molecule has 0 saturated heterocycles. The average Bonchev–Trinajstić information content (AvgIpc) is 3.89. The van der Waals surface area contributed by atoms with Gasteiger partial charge in [-0.3, -0.25) is 0 Å². The van der Waals surface area contributed by atoms with Crippen LogP contribution < -0.4 is 0 Å². The molecule has 1 rings (SSSR count). The minimum Gasteiger partial charge on any atom is -0.377 e. The first-order valence-electron chi connectivity index (χ1n) is 25.8. The van der Waals surface area contributed by atoms with E-state index >= 15 is 0 Å². The normalized spacial score (nSPS) is 16.8. The molecule has 432 valence electrons. The van der Waals surface area contributed by atoms with E-state index in [-0.39, 0.29) is 21.1 Å². The number of hydrogen-bond acceptors (Lipinski definition) is 18. The maximum Gasteiger partial charge on any atom is 0.500 e. The maximum absolute atomic E-state index is 5.92. The summed E-state index contributed by atoms with van der Waals surface area (Å²) in [5.41, 5.74) is 0. The summed E-state index contributed by atoms with van der Waals surface area (Å²) in [6.45, 7) is 0. The van der Waals surface area contributed by atoms with Gasteiger partial charge in [-0.05, 0) is 0 Å². The van der Waals surface area contributed by atoms with Crippen molar-refractivity contribution in [3.8, 4) is 0 Å². The van der Waals surface area contributed by atoms with Crippen molar-refractivity contribution >= 4 is 69.0 Å². The molecule has 2 unspecified atom stereocenters. The smallest absolute Gasteiger partial charge is 0.377 e. The molecule has 0 spiro atoms. The first-order valence-corrected chi connectivity index (χ1v) is 43.0. The van der Waals surface area contributed by atoms with Gasteiger partial charge in [0.2, 0.25) is 0 Å². The number of rotatable bonds is 48. The molecule has 0 radical (unpaired) electrons. The van der Waals surface area contributed by atoms with Gasteiger partial charge in [-0.15, -0.1) is 0 Å². The second kappa shape index (κ2) is 38.4. The molecule has 72 heavy (non-hydrogen) atoms. The van der Waals surface area contributed by atoms with E-state index in [1.54, 1.807) is 128 Å². The van der Waals surface area contributed by atoms with Crippen molar-refractivity contribution in [3.05, 3.63) is 6.42 Å². The van der Waals surface area contributed by atoms with Gasteiger partial charge in [-0.25, -0.2) is 0 Å². The second-order valence-corrected chi connectivity index (χ2v) is 47.8. The van der Waals surface area contributed by atoms with Crippen molar-refractivity contribution < 1.29 is 101 Å². The molecule has 1 aliphatic carbocycles. The molecule has 0 amide bonds. The van der Waals surface area contributed by atoms with Crippen molar-refractivity contribution in [2.24, 2.45) is 11.8 Å². The van der Waals surface area contributed by atoms with Crippen LogP contribution in [0.25, 0.3) is 0 Å². The summed E-state index contributed by atoms with van der Waals surface area (Å²) in [6, 6.07) is 14.0. The van der Waals surface area contributed by atoms with Gasteiger partial charge < -0.3 is 86.1 Å². The molecule has 27 heteroatoms. The summed E-state index contributed by atoms with van der Waals surface area (Å²) in [7, 11) is 10.2. The van der Waals surface area contributed by atoms with Crippen LogP contribution in [0.3, 0.4) is 0 Å². The van der Waals surface area contributed by atoms with E-state index < -0.39 is 69.0 Å². The Bertz CT molecular complexity index is 1060. The van der Waals surface area contributed by atoms with Gasteiger partial charge in [0.25, 0.3) is 0 Å². The zero-order valence-corrected chi connectivity index (χ0v) is 59.4. The predicted octanol–water partition coefficient (Wildman–Crippen LogP) is 9.50. The summed E-state index contributed by atoms with van der Waals surface area (Å²) in [6.07, 6.45) is 13.3. The van der Waals surface area contributed by atoms with Crippen LogP contribution in [0, 0.1) is 18.3 Å². The van der Waals surface area contributed by atoms with Crippen LogP contribution in [0.4, 0.5) is 0 Å². The summed E-state index contributed by atoms with van der Waals surface area (Å²) < 4.78 is 107. The Hall–Kier alpha value is 1.70. The van der Waals surface area contributed by atoms with Crippen molar-refractivity contribution in [2.45, 2.75) is 149 Å². The Morgan fingerprint density at radius 1 is 0.278 bits per heavy atom. The molecule has 0 aromatic carbocycles. The second-order valence-electron chi connectivity index (χ2n) is 19.3. The third-order valence-corrected chi connectivity index (χ3v) is 44.5. The van der Waals surface area contributed by atoms with Gasteiger partial charge >= 0.3 is 52.8 Å². The average molecular weight is 1340 g/mol. The Labute approximate surface area is 461 Å². The van der Waals surface area contributed by atoms with E-state index in [2.05, 4.69) is 6.42 Å². The summed E-state index contributed by atoms with van der Waals surface area (Å²) in [5, 5.41) is 0. The van der Waals surface area contributed by atoms with E-state index in [9.17, 15) is 0 Å². The molecule has 0 heterocycles.